The van der Waals surface area contributed by atoms with Crippen LogP contribution in [0.1, 0.15) is 24.8 Å². The third-order valence-electron chi connectivity index (χ3n) is 4.39. The Balaban J connectivity index is 1.81. The summed E-state index contributed by atoms with van der Waals surface area (Å²) in [5, 5.41) is 19.3. The molecule has 0 saturated carbocycles. The van der Waals surface area contributed by atoms with E-state index < -0.39 is 0 Å². The lowest BCUT2D eigenvalue weighted by Gasteiger charge is -2.38. The summed E-state index contributed by atoms with van der Waals surface area (Å²) in [6, 6.07) is 13.3. The van der Waals surface area contributed by atoms with Crippen LogP contribution < -0.4 is 0 Å². The highest BCUT2D eigenvalue weighted by molar-refractivity contribution is 5.17. The molecule has 3 rings (SSSR count). The van der Waals surface area contributed by atoms with E-state index in [0.29, 0.717) is 6.04 Å². The van der Waals surface area contributed by atoms with Crippen molar-refractivity contribution in [2.24, 2.45) is 5.92 Å². The average Bonchev–Trinajstić information content (AvgIpc) is 2.65. The molecular weight excluding hydrogens is 224 g/mol. The number of benzene rings is 1. The normalized spacial score (nSPS) is 35.3. The summed E-state index contributed by atoms with van der Waals surface area (Å²) in [6.45, 7) is 0.853. The van der Waals surface area contributed by atoms with Crippen LogP contribution in [0.4, 0.5) is 0 Å². The van der Waals surface area contributed by atoms with Crippen LogP contribution in [-0.2, 0) is 6.54 Å². The number of nitrogens with zero attached hydrogens (tertiary/aromatic N) is 2. The minimum absolute atomic E-state index is 0.0934. The standard InChI is InChI=1S/C15H18N2O/c16-9-12-8-14-15(18)7-6-13(12)17(14)10-11-4-2-1-3-5-11/h1-5,12-15,18H,6-8,10H2/t12-,13-,14-,15+/m1/s1. The number of piperidine rings is 1. The molecule has 1 aromatic rings. The second kappa shape index (κ2) is 4.72. The summed E-state index contributed by atoms with van der Waals surface area (Å²) >= 11 is 0. The Morgan fingerprint density at radius 1 is 1.22 bits per heavy atom. The van der Waals surface area contributed by atoms with Gasteiger partial charge in [0.2, 0.25) is 0 Å². The van der Waals surface area contributed by atoms with E-state index in [0.717, 1.165) is 25.8 Å². The zero-order valence-electron chi connectivity index (χ0n) is 10.4. The number of fused-ring (bicyclic) bond motifs is 2. The molecule has 0 spiro atoms. The first-order valence-electron chi connectivity index (χ1n) is 6.67. The summed E-state index contributed by atoms with van der Waals surface area (Å²) < 4.78 is 0. The Kier molecular flexibility index (Phi) is 3.07. The fourth-order valence-corrected chi connectivity index (χ4v) is 3.48. The first kappa shape index (κ1) is 11.7. The van der Waals surface area contributed by atoms with Gasteiger partial charge >= 0.3 is 0 Å². The molecule has 18 heavy (non-hydrogen) atoms. The van der Waals surface area contributed by atoms with Gasteiger partial charge in [-0.25, -0.2) is 0 Å². The zero-order chi connectivity index (χ0) is 12.5. The lowest BCUT2D eigenvalue weighted by molar-refractivity contribution is 0.00817. The van der Waals surface area contributed by atoms with Gasteiger partial charge in [0.05, 0.1) is 18.1 Å². The average molecular weight is 242 g/mol. The van der Waals surface area contributed by atoms with Gasteiger partial charge in [0.1, 0.15) is 0 Å². The van der Waals surface area contributed by atoms with Crippen LogP contribution in [0, 0.1) is 17.2 Å². The second-order valence-electron chi connectivity index (χ2n) is 5.41. The molecule has 4 atom stereocenters. The molecule has 3 nitrogen and oxygen atoms in total. The van der Waals surface area contributed by atoms with Crippen molar-refractivity contribution in [3.8, 4) is 6.07 Å². The molecular formula is C15H18N2O. The predicted molar refractivity (Wildman–Crippen MR) is 68.5 cm³/mol. The maximum atomic E-state index is 10.1. The first-order chi connectivity index (χ1) is 8.79. The van der Waals surface area contributed by atoms with E-state index in [-0.39, 0.29) is 18.1 Å². The number of hydrogen-bond donors (Lipinski definition) is 1. The van der Waals surface area contributed by atoms with Gasteiger partial charge in [-0.3, -0.25) is 4.90 Å². The van der Waals surface area contributed by atoms with Crippen molar-refractivity contribution in [2.45, 2.75) is 44.0 Å². The SMILES string of the molecule is N#C[C@H]1C[C@@H]2[C@@H](O)CC[C@H]1N2Cc1ccccc1. The minimum Gasteiger partial charge on any atom is -0.391 e. The molecule has 2 aliphatic heterocycles. The Morgan fingerprint density at radius 2 is 2.00 bits per heavy atom. The number of aliphatic hydroxyl groups excluding tert-OH is 1. The van der Waals surface area contributed by atoms with E-state index in [2.05, 4.69) is 23.1 Å². The van der Waals surface area contributed by atoms with Gasteiger partial charge in [0, 0.05) is 18.6 Å². The monoisotopic (exact) mass is 242 g/mol. The van der Waals surface area contributed by atoms with Gasteiger partial charge in [-0.2, -0.15) is 5.26 Å². The van der Waals surface area contributed by atoms with E-state index in [4.69, 9.17) is 0 Å². The summed E-state index contributed by atoms with van der Waals surface area (Å²) in [5.41, 5.74) is 1.26. The maximum Gasteiger partial charge on any atom is 0.0696 e. The molecule has 1 N–H and O–H groups in total. The van der Waals surface area contributed by atoms with Crippen LogP contribution in [0.2, 0.25) is 0 Å². The Bertz CT molecular complexity index is 453. The summed E-state index contributed by atoms with van der Waals surface area (Å²) in [5.74, 6) is 0.0934. The minimum atomic E-state index is -0.261. The van der Waals surface area contributed by atoms with Crippen LogP contribution in [-0.4, -0.2) is 28.2 Å². The smallest absolute Gasteiger partial charge is 0.0696 e. The Morgan fingerprint density at radius 3 is 2.72 bits per heavy atom. The third kappa shape index (κ3) is 1.92. The third-order valence-corrected chi connectivity index (χ3v) is 4.39. The van der Waals surface area contributed by atoms with E-state index >= 15 is 0 Å². The van der Waals surface area contributed by atoms with Gasteiger partial charge in [0.15, 0.2) is 0 Å². The van der Waals surface area contributed by atoms with Crippen molar-refractivity contribution in [1.82, 2.24) is 4.90 Å². The summed E-state index contributed by atoms with van der Waals surface area (Å²) in [4.78, 5) is 2.34. The molecule has 0 unspecified atom stereocenters. The predicted octanol–water partition coefficient (Wildman–Crippen LogP) is 1.92. The molecule has 2 bridgehead atoms. The lowest BCUT2D eigenvalue weighted by Crippen LogP contribution is -2.47. The van der Waals surface area contributed by atoms with Gasteiger partial charge in [-0.15, -0.1) is 0 Å². The summed E-state index contributed by atoms with van der Waals surface area (Å²) in [6.07, 6.45) is 2.36. The van der Waals surface area contributed by atoms with Crippen LogP contribution in [0.5, 0.6) is 0 Å². The van der Waals surface area contributed by atoms with Gasteiger partial charge in [-0.05, 0) is 24.8 Å². The van der Waals surface area contributed by atoms with E-state index in [1.807, 2.05) is 18.2 Å². The topological polar surface area (TPSA) is 47.3 Å². The number of rotatable bonds is 2. The van der Waals surface area contributed by atoms with E-state index in [1.54, 1.807) is 0 Å². The quantitative estimate of drug-likeness (QED) is 0.862. The van der Waals surface area contributed by atoms with Crippen LogP contribution in [0.3, 0.4) is 0 Å². The fourth-order valence-electron chi connectivity index (χ4n) is 3.48. The van der Waals surface area contributed by atoms with Crippen molar-refractivity contribution in [1.29, 1.82) is 5.26 Å². The molecule has 1 aromatic carbocycles. The lowest BCUT2D eigenvalue weighted by atomic mass is 9.97. The van der Waals surface area contributed by atoms with Crippen molar-refractivity contribution < 1.29 is 5.11 Å². The molecule has 0 amide bonds. The second-order valence-corrected chi connectivity index (χ2v) is 5.41. The summed E-state index contributed by atoms with van der Waals surface area (Å²) in [7, 11) is 0. The Hall–Kier alpha value is -1.37. The van der Waals surface area contributed by atoms with Crippen LogP contribution in [0.15, 0.2) is 30.3 Å². The first-order valence-corrected chi connectivity index (χ1v) is 6.67. The van der Waals surface area contributed by atoms with E-state index in [9.17, 15) is 10.4 Å². The van der Waals surface area contributed by atoms with Gasteiger partial charge in [0.25, 0.3) is 0 Å². The molecule has 2 heterocycles. The van der Waals surface area contributed by atoms with Crippen molar-refractivity contribution in [3.63, 3.8) is 0 Å². The molecule has 2 fully saturated rings. The molecule has 3 heteroatoms. The van der Waals surface area contributed by atoms with Crippen LogP contribution >= 0.6 is 0 Å². The molecule has 0 aromatic heterocycles. The van der Waals surface area contributed by atoms with Crippen molar-refractivity contribution in [3.05, 3.63) is 35.9 Å². The van der Waals surface area contributed by atoms with Crippen LogP contribution in [0.25, 0.3) is 0 Å². The molecule has 94 valence electrons. The van der Waals surface area contributed by atoms with Crippen molar-refractivity contribution in [2.75, 3.05) is 0 Å². The number of nitriles is 1. The molecule has 0 radical (unpaired) electrons. The molecule has 2 aliphatic rings. The molecule has 2 saturated heterocycles. The fraction of sp³-hybridized carbons (Fsp3) is 0.533. The van der Waals surface area contributed by atoms with E-state index in [1.165, 1.54) is 5.56 Å². The highest BCUT2D eigenvalue weighted by Gasteiger charge is 2.47. The molecule has 0 aliphatic carbocycles. The highest BCUT2D eigenvalue weighted by Crippen LogP contribution is 2.40. The highest BCUT2D eigenvalue weighted by atomic mass is 16.3. The van der Waals surface area contributed by atoms with Crippen molar-refractivity contribution >= 4 is 0 Å². The van der Waals surface area contributed by atoms with Gasteiger partial charge in [-0.1, -0.05) is 30.3 Å². The maximum absolute atomic E-state index is 10.1. The number of hydrogen-bond acceptors (Lipinski definition) is 3. The Labute approximate surface area is 108 Å². The zero-order valence-corrected chi connectivity index (χ0v) is 10.4. The number of aliphatic hydroxyl groups is 1. The van der Waals surface area contributed by atoms with Gasteiger partial charge < -0.3 is 5.11 Å². The largest absolute Gasteiger partial charge is 0.391 e.